The lowest BCUT2D eigenvalue weighted by atomic mass is 10.1. The molecular weight excluding hydrogens is 350 g/mol. The number of ether oxygens (including phenoxy) is 2. The second-order valence-corrected chi connectivity index (χ2v) is 6.16. The Kier molecular flexibility index (Phi) is 6.07. The average Bonchev–Trinajstić information content (AvgIpc) is 2.91. The molecule has 138 valence electrons. The zero-order valence-electron chi connectivity index (χ0n) is 14.2. The molecule has 2 bridgehead atoms. The summed E-state index contributed by atoms with van der Waals surface area (Å²) in [6.45, 7) is 1.17. The summed E-state index contributed by atoms with van der Waals surface area (Å²) in [4.78, 5) is 25.5. The Balaban J connectivity index is 0.00000225. The predicted molar refractivity (Wildman–Crippen MR) is 93.9 cm³/mol. The van der Waals surface area contributed by atoms with Gasteiger partial charge in [0, 0.05) is 31.2 Å². The SMILES string of the molecule is COc1cc(C(=O)N2CCC3CCC(C2)N3)c([N+](=O)[O-])cc1OC.Cl. The first-order valence-electron chi connectivity index (χ1n) is 7.99. The molecule has 3 rings (SSSR count). The van der Waals surface area contributed by atoms with Crippen molar-refractivity contribution >= 4 is 24.0 Å². The van der Waals surface area contributed by atoms with E-state index in [1.165, 1.54) is 26.4 Å². The molecule has 0 radical (unpaired) electrons. The third-order valence-corrected chi connectivity index (χ3v) is 4.74. The van der Waals surface area contributed by atoms with Crippen LogP contribution in [0.2, 0.25) is 0 Å². The van der Waals surface area contributed by atoms with Crippen molar-refractivity contribution in [1.82, 2.24) is 10.2 Å². The Morgan fingerprint density at radius 3 is 2.48 bits per heavy atom. The van der Waals surface area contributed by atoms with E-state index in [9.17, 15) is 14.9 Å². The number of nitrogens with zero attached hydrogens (tertiary/aromatic N) is 2. The van der Waals surface area contributed by atoms with Gasteiger partial charge < -0.3 is 19.7 Å². The summed E-state index contributed by atoms with van der Waals surface area (Å²) >= 11 is 0. The predicted octanol–water partition coefficient (Wildman–Crippen LogP) is 2.00. The first-order valence-corrected chi connectivity index (χ1v) is 7.99. The van der Waals surface area contributed by atoms with Gasteiger partial charge >= 0.3 is 0 Å². The molecule has 2 fully saturated rings. The van der Waals surface area contributed by atoms with Crippen molar-refractivity contribution in [3.63, 3.8) is 0 Å². The van der Waals surface area contributed by atoms with E-state index in [0.717, 1.165) is 19.3 Å². The molecule has 2 heterocycles. The van der Waals surface area contributed by atoms with Crippen LogP contribution in [0.15, 0.2) is 12.1 Å². The van der Waals surface area contributed by atoms with E-state index in [1.807, 2.05) is 0 Å². The van der Waals surface area contributed by atoms with Crippen molar-refractivity contribution in [3.8, 4) is 11.5 Å². The van der Waals surface area contributed by atoms with Crippen molar-refractivity contribution in [3.05, 3.63) is 27.8 Å². The minimum absolute atomic E-state index is 0. The average molecular weight is 372 g/mol. The van der Waals surface area contributed by atoms with Crippen LogP contribution >= 0.6 is 12.4 Å². The van der Waals surface area contributed by atoms with Crippen molar-refractivity contribution in [2.75, 3.05) is 27.3 Å². The van der Waals surface area contributed by atoms with Crippen LogP contribution in [-0.4, -0.2) is 55.1 Å². The smallest absolute Gasteiger partial charge is 0.286 e. The number of hydrogen-bond donors (Lipinski definition) is 1. The summed E-state index contributed by atoms with van der Waals surface area (Å²) in [7, 11) is 2.84. The number of nitrogens with one attached hydrogen (secondary N) is 1. The number of carbonyl (C=O) groups excluding carboxylic acids is 1. The Labute approximate surface area is 152 Å². The minimum Gasteiger partial charge on any atom is -0.493 e. The third-order valence-electron chi connectivity index (χ3n) is 4.74. The van der Waals surface area contributed by atoms with Gasteiger partial charge in [0.2, 0.25) is 0 Å². The lowest BCUT2D eigenvalue weighted by molar-refractivity contribution is -0.385. The lowest BCUT2D eigenvalue weighted by Gasteiger charge is -2.24. The van der Waals surface area contributed by atoms with E-state index >= 15 is 0 Å². The first-order chi connectivity index (χ1) is 11.5. The highest BCUT2D eigenvalue weighted by molar-refractivity contribution is 5.99. The number of nitro groups is 1. The van der Waals surface area contributed by atoms with E-state index in [4.69, 9.17) is 9.47 Å². The van der Waals surface area contributed by atoms with Crippen LogP contribution in [0, 0.1) is 10.1 Å². The second-order valence-electron chi connectivity index (χ2n) is 6.16. The van der Waals surface area contributed by atoms with Crippen molar-refractivity contribution in [1.29, 1.82) is 0 Å². The quantitative estimate of drug-likeness (QED) is 0.642. The number of hydrogen-bond acceptors (Lipinski definition) is 6. The molecule has 1 amide bonds. The molecule has 1 N–H and O–H groups in total. The first kappa shape index (κ1) is 19.3. The highest BCUT2D eigenvalue weighted by atomic mass is 35.5. The fourth-order valence-electron chi connectivity index (χ4n) is 3.49. The fourth-order valence-corrected chi connectivity index (χ4v) is 3.49. The number of likely N-dealkylation sites (tertiary alicyclic amines) is 1. The molecule has 25 heavy (non-hydrogen) atoms. The zero-order chi connectivity index (χ0) is 17.3. The molecule has 2 aliphatic rings. The topological polar surface area (TPSA) is 93.9 Å². The summed E-state index contributed by atoms with van der Waals surface area (Å²) in [5, 5.41) is 14.9. The van der Waals surface area contributed by atoms with Crippen LogP contribution in [-0.2, 0) is 0 Å². The van der Waals surface area contributed by atoms with Gasteiger partial charge in [-0.25, -0.2) is 0 Å². The van der Waals surface area contributed by atoms with Gasteiger partial charge in [-0.3, -0.25) is 14.9 Å². The molecular formula is C16H22ClN3O5. The van der Waals surface area contributed by atoms with Gasteiger partial charge in [-0.1, -0.05) is 0 Å². The van der Waals surface area contributed by atoms with E-state index in [0.29, 0.717) is 24.9 Å². The van der Waals surface area contributed by atoms with E-state index in [-0.39, 0.29) is 41.4 Å². The van der Waals surface area contributed by atoms with Crippen LogP contribution in [0.3, 0.4) is 0 Å². The molecule has 8 nitrogen and oxygen atoms in total. The normalized spacial score (nSPS) is 21.9. The zero-order valence-corrected chi connectivity index (χ0v) is 15.0. The number of carbonyl (C=O) groups is 1. The summed E-state index contributed by atoms with van der Waals surface area (Å²) < 4.78 is 10.3. The number of methoxy groups -OCH3 is 2. The van der Waals surface area contributed by atoms with Crippen LogP contribution in [0.1, 0.15) is 29.6 Å². The van der Waals surface area contributed by atoms with Gasteiger partial charge in [-0.2, -0.15) is 0 Å². The number of benzene rings is 1. The summed E-state index contributed by atoms with van der Waals surface area (Å²) in [5.74, 6) is 0.204. The largest absolute Gasteiger partial charge is 0.493 e. The molecule has 1 aromatic carbocycles. The van der Waals surface area contributed by atoms with Gasteiger partial charge in [0.15, 0.2) is 11.5 Å². The number of rotatable bonds is 4. The summed E-state index contributed by atoms with van der Waals surface area (Å²) in [6, 6.07) is 3.35. The molecule has 2 saturated heterocycles. The minimum atomic E-state index is -0.558. The molecule has 2 atom stereocenters. The fraction of sp³-hybridized carbons (Fsp3) is 0.562. The van der Waals surface area contributed by atoms with Gasteiger partial charge in [0.05, 0.1) is 25.2 Å². The lowest BCUT2D eigenvalue weighted by Crippen LogP contribution is -2.39. The third kappa shape index (κ3) is 3.80. The molecule has 1 aromatic rings. The molecule has 0 saturated carbocycles. The Bertz CT molecular complexity index is 669. The van der Waals surface area contributed by atoms with E-state index in [2.05, 4.69) is 5.32 Å². The number of amides is 1. The summed E-state index contributed by atoms with van der Waals surface area (Å²) in [6.07, 6.45) is 3.02. The summed E-state index contributed by atoms with van der Waals surface area (Å²) in [5.41, 5.74) is -0.226. The maximum Gasteiger partial charge on any atom is 0.286 e. The Morgan fingerprint density at radius 1 is 1.20 bits per heavy atom. The monoisotopic (exact) mass is 371 g/mol. The van der Waals surface area contributed by atoms with Crippen molar-refractivity contribution < 1.29 is 19.2 Å². The number of nitro benzene ring substituents is 1. The number of fused-ring (bicyclic) bond motifs is 2. The van der Waals surface area contributed by atoms with Gasteiger partial charge in [-0.05, 0) is 19.3 Å². The van der Waals surface area contributed by atoms with Gasteiger partial charge in [0.1, 0.15) is 5.56 Å². The highest BCUT2D eigenvalue weighted by Gasteiger charge is 2.34. The second kappa shape index (κ2) is 7.88. The van der Waals surface area contributed by atoms with E-state index in [1.54, 1.807) is 4.90 Å². The van der Waals surface area contributed by atoms with E-state index < -0.39 is 4.92 Å². The molecule has 0 aliphatic carbocycles. The Morgan fingerprint density at radius 2 is 1.84 bits per heavy atom. The molecule has 9 heteroatoms. The molecule has 0 aromatic heterocycles. The van der Waals surface area contributed by atoms with Crippen LogP contribution in [0.5, 0.6) is 11.5 Å². The molecule has 2 unspecified atom stereocenters. The Hall–Kier alpha value is -2.06. The maximum atomic E-state index is 12.9. The number of halogens is 1. The van der Waals surface area contributed by atoms with Crippen LogP contribution in [0.4, 0.5) is 5.69 Å². The van der Waals surface area contributed by atoms with Crippen molar-refractivity contribution in [2.24, 2.45) is 0 Å². The highest BCUT2D eigenvalue weighted by Crippen LogP contribution is 2.35. The van der Waals surface area contributed by atoms with Gasteiger partial charge in [0.25, 0.3) is 11.6 Å². The van der Waals surface area contributed by atoms with Gasteiger partial charge in [-0.15, -0.1) is 12.4 Å². The van der Waals surface area contributed by atoms with Crippen molar-refractivity contribution in [2.45, 2.75) is 31.3 Å². The van der Waals surface area contributed by atoms with Crippen LogP contribution in [0.25, 0.3) is 0 Å². The standard InChI is InChI=1S/C16H21N3O5.ClH/c1-23-14-7-12(13(19(21)22)8-15(14)24-2)16(20)18-6-5-10-3-4-11(9-18)17-10;/h7-8,10-11,17H,3-6,9H2,1-2H3;1H. The van der Waals surface area contributed by atoms with Crippen LogP contribution < -0.4 is 14.8 Å². The maximum absolute atomic E-state index is 12.9. The molecule has 2 aliphatic heterocycles. The molecule has 0 spiro atoms.